The van der Waals surface area contributed by atoms with Gasteiger partial charge in [-0.05, 0) is 53.0 Å². The molecule has 0 saturated carbocycles. The third-order valence-corrected chi connectivity index (χ3v) is 7.53. The molecule has 0 aliphatic carbocycles. The van der Waals surface area contributed by atoms with Crippen molar-refractivity contribution in [1.29, 1.82) is 4.78 Å². The van der Waals surface area contributed by atoms with Crippen molar-refractivity contribution in [2.24, 2.45) is 0 Å². The van der Waals surface area contributed by atoms with Gasteiger partial charge < -0.3 is 10.2 Å². The fourth-order valence-electron chi connectivity index (χ4n) is 3.64. The smallest absolute Gasteiger partial charge is 0.356 e. The summed E-state index contributed by atoms with van der Waals surface area (Å²) in [6.45, 7) is 1.04. The molecular weight excluding hydrogens is 547 g/mol. The number of hydrogen-bond acceptors (Lipinski definition) is 5. The summed E-state index contributed by atoms with van der Waals surface area (Å²) >= 11 is 2.89. The summed E-state index contributed by atoms with van der Waals surface area (Å²) in [7, 11) is -3.08. The van der Waals surface area contributed by atoms with Crippen molar-refractivity contribution in [2.75, 3.05) is 29.6 Å². The molecule has 34 heavy (non-hydrogen) atoms. The lowest BCUT2D eigenvalue weighted by molar-refractivity contribution is -0.141. The van der Waals surface area contributed by atoms with E-state index >= 15 is 0 Å². The number of carbonyl (C=O) groups excluding carboxylic acids is 1. The molecule has 2 heterocycles. The van der Waals surface area contributed by atoms with Crippen LogP contribution >= 0.6 is 15.9 Å². The Labute approximate surface area is 202 Å². The fourth-order valence-corrected chi connectivity index (χ4v) is 4.84. The molecule has 1 saturated heterocycles. The molecule has 0 unspecified atom stereocenters. The number of rotatable bonds is 4. The molecule has 1 aliphatic rings. The molecular formula is C21H22BrF5N4O2S. The Kier molecular flexibility index (Phi) is 7.28. The van der Waals surface area contributed by atoms with Crippen molar-refractivity contribution in [3.05, 3.63) is 45.6 Å². The lowest BCUT2D eigenvalue weighted by Gasteiger charge is -2.27. The van der Waals surface area contributed by atoms with Gasteiger partial charge in [-0.15, -0.1) is 0 Å². The molecule has 1 amide bonds. The monoisotopic (exact) mass is 568 g/mol. The van der Waals surface area contributed by atoms with Crippen molar-refractivity contribution in [3.63, 3.8) is 0 Å². The van der Waals surface area contributed by atoms with Gasteiger partial charge in [-0.2, -0.15) is 13.2 Å². The molecule has 3 rings (SSSR count). The van der Waals surface area contributed by atoms with Crippen molar-refractivity contribution in [3.8, 4) is 0 Å². The van der Waals surface area contributed by atoms with E-state index in [0.717, 1.165) is 0 Å². The second kappa shape index (κ2) is 9.40. The molecule has 13 heteroatoms. The summed E-state index contributed by atoms with van der Waals surface area (Å²) in [4.78, 5) is 18.4. The highest BCUT2D eigenvalue weighted by molar-refractivity contribution is 9.10. The molecule has 1 aliphatic heterocycles. The molecule has 1 fully saturated rings. The number of amides is 1. The minimum atomic E-state index is -4.84. The summed E-state index contributed by atoms with van der Waals surface area (Å²) < 4.78 is 88.0. The van der Waals surface area contributed by atoms with E-state index in [1.165, 1.54) is 42.3 Å². The molecule has 2 aromatic rings. The summed E-state index contributed by atoms with van der Waals surface area (Å²) in [6.07, 6.45) is -4.61. The van der Waals surface area contributed by atoms with Gasteiger partial charge in [0, 0.05) is 42.8 Å². The molecule has 0 bridgehead atoms. The van der Waals surface area contributed by atoms with E-state index in [2.05, 4.69) is 26.2 Å². The number of benzene rings is 1. The molecule has 186 valence electrons. The number of carbonyl (C=O) groups is 1. The topological polar surface area (TPSA) is 86.2 Å². The summed E-state index contributed by atoms with van der Waals surface area (Å²) in [5.74, 6) is -4.10. The fraction of sp³-hybridized carbons (Fsp3) is 0.429. The van der Waals surface area contributed by atoms with E-state index < -0.39 is 50.7 Å². The molecule has 0 spiro atoms. The van der Waals surface area contributed by atoms with E-state index in [1.807, 2.05) is 0 Å². The minimum Gasteiger partial charge on any atom is -0.356 e. The van der Waals surface area contributed by atoms with Crippen molar-refractivity contribution < 1.29 is 31.0 Å². The number of nitrogens with one attached hydrogen (secondary N) is 2. The molecule has 2 N–H and O–H groups in total. The summed E-state index contributed by atoms with van der Waals surface area (Å²) in [5.41, 5.74) is -1.33. The van der Waals surface area contributed by atoms with Gasteiger partial charge in [-0.3, -0.25) is 4.79 Å². The average molecular weight is 569 g/mol. The first-order chi connectivity index (χ1) is 15.6. The highest BCUT2D eigenvalue weighted by Gasteiger charge is 2.40. The first kappa shape index (κ1) is 26.3. The Morgan fingerprint density at radius 2 is 1.94 bits per heavy atom. The lowest BCUT2D eigenvalue weighted by Crippen LogP contribution is -2.31. The highest BCUT2D eigenvalue weighted by Crippen LogP contribution is 2.40. The maximum atomic E-state index is 13.9. The number of aromatic nitrogens is 1. The highest BCUT2D eigenvalue weighted by atomic mass is 79.9. The number of alkyl halides is 5. The molecule has 1 aromatic heterocycles. The predicted molar refractivity (Wildman–Crippen MR) is 122 cm³/mol. The zero-order valence-electron chi connectivity index (χ0n) is 18.2. The largest absolute Gasteiger partial charge is 0.434 e. The van der Waals surface area contributed by atoms with E-state index in [4.69, 9.17) is 4.78 Å². The maximum Gasteiger partial charge on any atom is 0.434 e. The van der Waals surface area contributed by atoms with Crippen LogP contribution in [0.5, 0.6) is 0 Å². The van der Waals surface area contributed by atoms with E-state index in [0.29, 0.717) is 0 Å². The van der Waals surface area contributed by atoms with Crippen molar-refractivity contribution in [2.45, 2.75) is 43.2 Å². The van der Waals surface area contributed by atoms with Crippen LogP contribution in [-0.4, -0.2) is 40.4 Å². The number of nitrogens with zero attached hydrogens (tertiary/aromatic N) is 2. The van der Waals surface area contributed by atoms with Crippen LogP contribution < -0.4 is 10.2 Å². The Bertz CT molecular complexity index is 1220. The molecule has 6 nitrogen and oxygen atoms in total. The van der Waals surface area contributed by atoms with Gasteiger partial charge in [0.05, 0.1) is 19.8 Å². The SMILES string of the molecule is Cc1c(Br)c(C(F)(F)F)nc(N2CCCC(F)(F)CC2)c1C(=O)Nc1cccc([S@](C)(=N)=O)c1. The van der Waals surface area contributed by atoms with Crippen molar-refractivity contribution in [1.82, 2.24) is 4.98 Å². The zero-order valence-corrected chi connectivity index (χ0v) is 20.6. The minimum absolute atomic E-state index is 0.00740. The third-order valence-electron chi connectivity index (χ3n) is 5.41. The molecule has 0 radical (unpaired) electrons. The van der Waals surface area contributed by atoms with Gasteiger partial charge >= 0.3 is 6.18 Å². The van der Waals surface area contributed by atoms with Crippen LogP contribution in [-0.2, 0) is 15.9 Å². The van der Waals surface area contributed by atoms with Crippen LogP contribution in [0.25, 0.3) is 0 Å². The van der Waals surface area contributed by atoms with Crippen LogP contribution in [0.2, 0.25) is 0 Å². The van der Waals surface area contributed by atoms with Crippen molar-refractivity contribution >= 4 is 43.1 Å². The van der Waals surface area contributed by atoms with Crippen LogP contribution in [0.15, 0.2) is 33.6 Å². The lowest BCUT2D eigenvalue weighted by atomic mass is 10.1. The van der Waals surface area contributed by atoms with Gasteiger partial charge in [0.15, 0.2) is 5.69 Å². The van der Waals surface area contributed by atoms with Gasteiger partial charge in [0.1, 0.15) is 5.82 Å². The van der Waals surface area contributed by atoms with Crippen LogP contribution in [0.3, 0.4) is 0 Å². The van der Waals surface area contributed by atoms with E-state index in [9.17, 15) is 31.0 Å². The number of pyridine rings is 1. The normalized spacial score (nSPS) is 18.2. The van der Waals surface area contributed by atoms with Crippen LogP contribution in [0.1, 0.15) is 40.9 Å². The van der Waals surface area contributed by atoms with Gasteiger partial charge in [-0.25, -0.2) is 22.8 Å². The Morgan fingerprint density at radius 3 is 2.56 bits per heavy atom. The Hall–Kier alpha value is -2.28. The standard InChI is InChI=1S/C21H22BrF5N4O2S/c1-12-15(19(32)29-13-5-3-6-14(11-13)34(2,28)33)18(30-17(16(12)22)21(25,26)27)31-9-4-7-20(23,24)8-10-31/h3,5-6,11,28H,4,7-10H2,1-2H3,(H,29,32)/t34-/m1/s1. The summed E-state index contributed by atoms with van der Waals surface area (Å²) in [6, 6.07) is 5.74. The summed E-state index contributed by atoms with van der Waals surface area (Å²) in [5, 5.41) is 2.54. The average Bonchev–Trinajstić information content (AvgIpc) is 2.88. The zero-order chi connectivity index (χ0) is 25.5. The Morgan fingerprint density at radius 1 is 1.26 bits per heavy atom. The first-order valence-electron chi connectivity index (χ1n) is 10.2. The quantitative estimate of drug-likeness (QED) is 0.437. The van der Waals surface area contributed by atoms with E-state index in [1.54, 1.807) is 0 Å². The van der Waals surface area contributed by atoms with Gasteiger partial charge in [0.2, 0.25) is 5.92 Å². The van der Waals surface area contributed by atoms with Crippen LogP contribution in [0, 0.1) is 11.7 Å². The third kappa shape index (κ3) is 5.85. The number of anilines is 2. The second-order valence-corrected chi connectivity index (χ2v) is 11.1. The molecule has 1 aromatic carbocycles. The van der Waals surface area contributed by atoms with E-state index in [-0.39, 0.29) is 47.0 Å². The second-order valence-electron chi connectivity index (χ2n) is 8.12. The van der Waals surface area contributed by atoms with Gasteiger partial charge in [-0.1, -0.05) is 6.07 Å². The van der Waals surface area contributed by atoms with Gasteiger partial charge in [0.25, 0.3) is 5.91 Å². The molecule has 1 atom stereocenters. The maximum absolute atomic E-state index is 13.9. The first-order valence-corrected chi connectivity index (χ1v) is 12.9. The number of hydrogen-bond donors (Lipinski definition) is 2. The predicted octanol–water partition coefficient (Wildman–Crippen LogP) is 6.08. The number of halogens is 6. The Balaban J connectivity index is 2.10. The van der Waals surface area contributed by atoms with Crippen LogP contribution in [0.4, 0.5) is 33.5 Å².